The Bertz CT molecular complexity index is 1970. The van der Waals surface area contributed by atoms with Crippen LogP contribution in [0.1, 0.15) is 11.7 Å². The van der Waals surface area contributed by atoms with E-state index in [2.05, 4.69) is 25.3 Å². The van der Waals surface area contributed by atoms with Crippen LogP contribution in [0.2, 0.25) is 0 Å². The van der Waals surface area contributed by atoms with Gasteiger partial charge in [-0.05, 0) is 35.9 Å². The number of amides is 1. The molecule has 13 heteroatoms. The van der Waals surface area contributed by atoms with Crippen LogP contribution in [-0.4, -0.2) is 69.7 Å². The van der Waals surface area contributed by atoms with Crippen molar-refractivity contribution in [3.05, 3.63) is 103 Å². The first-order valence-corrected chi connectivity index (χ1v) is 16.4. The number of aromatic nitrogens is 2. The van der Waals surface area contributed by atoms with Gasteiger partial charge in [-0.25, -0.2) is 18.4 Å². The third-order valence-electron chi connectivity index (χ3n) is 7.53. The standard InChI is InChI=1S/C34H34N6O6S/c1-44-26-17-25(18-27(20-26)45-2)36-33-34(38-30-14-7-6-13-29(30)37-33)39-47(42,43)28-12-8-11-24(19-28)35-32(41)22-40-15-16-46-31(21-40)23-9-4-3-5-10-23/h3-14,17-20,31H,15-16,21-22H2,1-2H3,(H,35,41)(H,36,37)(H,38,39). The van der Waals surface area contributed by atoms with Gasteiger partial charge in [-0.2, -0.15) is 0 Å². The number of rotatable bonds is 11. The number of hydrogen-bond acceptors (Lipinski definition) is 10. The van der Waals surface area contributed by atoms with Gasteiger partial charge in [0, 0.05) is 42.7 Å². The Labute approximate surface area is 272 Å². The Hall–Kier alpha value is -5.24. The molecule has 0 spiro atoms. The molecule has 6 rings (SSSR count). The lowest BCUT2D eigenvalue weighted by atomic mass is 10.1. The number of benzene rings is 4. The van der Waals surface area contributed by atoms with E-state index >= 15 is 0 Å². The Morgan fingerprint density at radius 2 is 1.53 bits per heavy atom. The largest absolute Gasteiger partial charge is 0.497 e. The van der Waals surface area contributed by atoms with E-state index in [4.69, 9.17) is 14.2 Å². The highest BCUT2D eigenvalue weighted by molar-refractivity contribution is 7.92. The number of nitrogens with one attached hydrogen (secondary N) is 3. The maximum absolute atomic E-state index is 13.7. The molecule has 47 heavy (non-hydrogen) atoms. The number of nitrogens with zero attached hydrogens (tertiary/aromatic N) is 3. The SMILES string of the molecule is COc1cc(Nc2nc3ccccc3nc2NS(=O)(=O)c2cccc(NC(=O)CN3CCOC(c4ccccc4)C3)c2)cc(OC)c1. The van der Waals surface area contributed by atoms with E-state index in [9.17, 15) is 13.2 Å². The van der Waals surface area contributed by atoms with E-state index < -0.39 is 10.0 Å². The summed E-state index contributed by atoms with van der Waals surface area (Å²) in [5.41, 5.74) is 3.01. The molecule has 1 aliphatic rings. The molecule has 0 saturated carbocycles. The van der Waals surface area contributed by atoms with Crippen molar-refractivity contribution in [1.82, 2.24) is 14.9 Å². The van der Waals surface area contributed by atoms with Crippen LogP contribution in [-0.2, 0) is 19.6 Å². The van der Waals surface area contributed by atoms with Crippen LogP contribution in [0.4, 0.5) is 23.0 Å². The average molecular weight is 655 g/mol. The average Bonchev–Trinajstić information content (AvgIpc) is 3.08. The highest BCUT2D eigenvalue weighted by Crippen LogP contribution is 2.32. The molecule has 12 nitrogen and oxygen atoms in total. The first kappa shape index (κ1) is 31.7. The summed E-state index contributed by atoms with van der Waals surface area (Å²) < 4.78 is 46.6. The number of anilines is 4. The summed E-state index contributed by atoms with van der Waals surface area (Å²) >= 11 is 0. The van der Waals surface area contributed by atoms with Crippen molar-refractivity contribution in [3.8, 4) is 11.5 Å². The number of fused-ring (bicyclic) bond motifs is 1. The van der Waals surface area contributed by atoms with E-state index in [0.29, 0.717) is 53.6 Å². The van der Waals surface area contributed by atoms with Crippen LogP contribution in [0.5, 0.6) is 11.5 Å². The maximum Gasteiger partial charge on any atom is 0.263 e. The van der Waals surface area contributed by atoms with E-state index in [1.165, 1.54) is 26.4 Å². The van der Waals surface area contributed by atoms with Crippen molar-refractivity contribution in [3.63, 3.8) is 0 Å². The molecule has 1 saturated heterocycles. The molecule has 3 N–H and O–H groups in total. The zero-order valence-corrected chi connectivity index (χ0v) is 26.7. The fraction of sp³-hybridized carbons (Fsp3) is 0.206. The molecule has 242 valence electrons. The summed E-state index contributed by atoms with van der Waals surface area (Å²) in [5, 5.41) is 5.98. The highest BCUT2D eigenvalue weighted by Gasteiger charge is 2.24. The monoisotopic (exact) mass is 654 g/mol. The van der Waals surface area contributed by atoms with Crippen molar-refractivity contribution in [2.75, 3.05) is 55.8 Å². The second-order valence-corrected chi connectivity index (χ2v) is 12.5. The summed E-state index contributed by atoms with van der Waals surface area (Å²) in [6.45, 7) is 1.83. The molecule has 1 aromatic heterocycles. The van der Waals surface area contributed by atoms with Gasteiger partial charge in [0.25, 0.3) is 10.0 Å². The van der Waals surface area contributed by atoms with Gasteiger partial charge < -0.3 is 24.8 Å². The number of carbonyl (C=O) groups excluding carboxylic acids is 1. The smallest absolute Gasteiger partial charge is 0.263 e. The van der Waals surface area contributed by atoms with Crippen LogP contribution in [0.3, 0.4) is 0 Å². The predicted octanol–water partition coefficient (Wildman–Crippen LogP) is 5.20. The van der Waals surface area contributed by atoms with Gasteiger partial charge in [-0.1, -0.05) is 48.5 Å². The molecule has 0 aliphatic carbocycles. The van der Waals surface area contributed by atoms with Gasteiger partial charge in [0.05, 0.1) is 49.4 Å². The quantitative estimate of drug-likeness (QED) is 0.174. The van der Waals surface area contributed by atoms with Gasteiger partial charge >= 0.3 is 0 Å². The maximum atomic E-state index is 13.7. The lowest BCUT2D eigenvalue weighted by Gasteiger charge is -2.32. The fourth-order valence-corrected chi connectivity index (χ4v) is 6.28. The summed E-state index contributed by atoms with van der Waals surface area (Å²) in [6.07, 6.45) is -0.124. The Kier molecular flexibility index (Phi) is 9.47. The van der Waals surface area contributed by atoms with Crippen LogP contribution < -0.4 is 24.8 Å². The molecule has 4 aromatic carbocycles. The minimum atomic E-state index is -4.17. The minimum Gasteiger partial charge on any atom is -0.497 e. The fourth-order valence-electron chi connectivity index (χ4n) is 5.22. The molecular formula is C34H34N6O6S. The minimum absolute atomic E-state index is 0.0137. The number of ether oxygens (including phenoxy) is 3. The first-order valence-electron chi connectivity index (χ1n) is 14.9. The number of sulfonamides is 1. The van der Waals surface area contributed by atoms with Crippen molar-refractivity contribution in [2.24, 2.45) is 0 Å². The van der Waals surface area contributed by atoms with Crippen molar-refractivity contribution in [2.45, 2.75) is 11.0 Å². The molecule has 1 unspecified atom stereocenters. The zero-order chi connectivity index (χ0) is 32.8. The molecule has 1 amide bonds. The predicted molar refractivity (Wildman–Crippen MR) is 180 cm³/mol. The van der Waals surface area contributed by atoms with E-state index in [-0.39, 0.29) is 35.1 Å². The molecule has 5 aromatic rings. The van der Waals surface area contributed by atoms with Gasteiger partial charge in [0.15, 0.2) is 11.6 Å². The number of para-hydroxylation sites is 2. The Balaban J connectivity index is 1.19. The summed E-state index contributed by atoms with van der Waals surface area (Å²) in [5.74, 6) is 0.964. The molecule has 1 aliphatic heterocycles. The molecular weight excluding hydrogens is 620 g/mol. The van der Waals surface area contributed by atoms with Crippen LogP contribution >= 0.6 is 0 Å². The lowest BCUT2D eigenvalue weighted by molar-refractivity contribution is -0.119. The Morgan fingerprint density at radius 3 is 2.23 bits per heavy atom. The lowest BCUT2D eigenvalue weighted by Crippen LogP contribution is -2.42. The normalized spacial score (nSPS) is 15.1. The van der Waals surface area contributed by atoms with Gasteiger partial charge in [0.1, 0.15) is 11.5 Å². The van der Waals surface area contributed by atoms with Crippen molar-refractivity contribution < 1.29 is 27.4 Å². The van der Waals surface area contributed by atoms with E-state index in [0.717, 1.165) is 5.56 Å². The summed E-state index contributed by atoms with van der Waals surface area (Å²) in [4.78, 5) is 24.2. The molecule has 1 atom stereocenters. The van der Waals surface area contributed by atoms with Crippen LogP contribution in [0.15, 0.2) is 102 Å². The number of hydrogen-bond donors (Lipinski definition) is 3. The topological polar surface area (TPSA) is 144 Å². The highest BCUT2D eigenvalue weighted by atomic mass is 32.2. The van der Waals surface area contributed by atoms with Gasteiger partial charge in [0.2, 0.25) is 5.91 Å². The van der Waals surface area contributed by atoms with Gasteiger partial charge in [-0.15, -0.1) is 0 Å². The van der Waals surface area contributed by atoms with Crippen LogP contribution in [0.25, 0.3) is 11.0 Å². The molecule has 0 bridgehead atoms. The second kappa shape index (κ2) is 14.0. The first-order chi connectivity index (χ1) is 22.8. The third-order valence-corrected chi connectivity index (χ3v) is 8.87. The van der Waals surface area contributed by atoms with E-state index in [1.54, 1.807) is 48.5 Å². The number of morpholine rings is 1. The molecule has 2 heterocycles. The number of methoxy groups -OCH3 is 2. The molecule has 1 fully saturated rings. The van der Waals surface area contributed by atoms with Crippen molar-refractivity contribution in [1.29, 1.82) is 0 Å². The summed E-state index contributed by atoms with van der Waals surface area (Å²) in [6, 6.07) is 28.2. The second-order valence-electron chi connectivity index (χ2n) is 10.8. The number of carbonyl (C=O) groups is 1. The summed E-state index contributed by atoms with van der Waals surface area (Å²) in [7, 11) is -1.09. The molecule has 0 radical (unpaired) electrons. The van der Waals surface area contributed by atoms with Crippen LogP contribution in [0, 0.1) is 0 Å². The third kappa shape index (κ3) is 7.77. The van der Waals surface area contributed by atoms with Crippen molar-refractivity contribution >= 4 is 50.0 Å². The zero-order valence-electron chi connectivity index (χ0n) is 25.8. The van der Waals surface area contributed by atoms with Gasteiger partial charge in [-0.3, -0.25) is 14.4 Å². The van der Waals surface area contributed by atoms with E-state index in [1.807, 2.05) is 41.3 Å². The Morgan fingerprint density at radius 1 is 0.851 bits per heavy atom.